The zero-order valence-corrected chi connectivity index (χ0v) is 10.3. The van der Waals surface area contributed by atoms with Crippen LogP contribution in [0.1, 0.15) is 25.3 Å². The number of benzene rings is 1. The Morgan fingerprint density at radius 2 is 2.12 bits per heavy atom. The molecule has 0 bridgehead atoms. The molecule has 0 saturated carbocycles. The van der Waals surface area contributed by atoms with Crippen molar-refractivity contribution in [1.82, 2.24) is 4.90 Å². The normalized spacial score (nSPS) is 25.7. The Labute approximate surface area is 103 Å². The Bertz CT molecular complexity index is 377. The molecule has 3 nitrogen and oxygen atoms in total. The molecular weight excluding hydrogens is 212 g/mol. The van der Waals surface area contributed by atoms with Crippen LogP contribution in [0, 0.1) is 5.92 Å². The molecule has 0 aromatic heterocycles. The summed E-state index contributed by atoms with van der Waals surface area (Å²) >= 11 is 0. The molecule has 0 spiro atoms. The first-order valence-corrected chi connectivity index (χ1v) is 6.24. The van der Waals surface area contributed by atoms with Gasteiger partial charge in [0, 0.05) is 6.54 Å². The topological polar surface area (TPSA) is 46.3 Å². The average molecular weight is 232 g/mol. The van der Waals surface area contributed by atoms with Gasteiger partial charge in [0.2, 0.25) is 5.91 Å². The summed E-state index contributed by atoms with van der Waals surface area (Å²) < 4.78 is 0. The maximum absolute atomic E-state index is 11.5. The first-order valence-electron chi connectivity index (χ1n) is 6.24. The van der Waals surface area contributed by atoms with Crippen LogP contribution in [-0.2, 0) is 11.3 Å². The Kier molecular flexibility index (Phi) is 3.79. The summed E-state index contributed by atoms with van der Waals surface area (Å²) in [4.78, 5) is 13.7. The van der Waals surface area contributed by atoms with Crippen molar-refractivity contribution >= 4 is 5.91 Å². The number of carbonyl (C=O) groups excluding carboxylic acids is 1. The number of carbonyl (C=O) groups is 1. The van der Waals surface area contributed by atoms with Gasteiger partial charge in [-0.1, -0.05) is 37.3 Å². The number of hydrogen-bond acceptors (Lipinski definition) is 2. The molecule has 2 rings (SSSR count). The van der Waals surface area contributed by atoms with Gasteiger partial charge in [0.15, 0.2) is 0 Å². The van der Waals surface area contributed by atoms with Crippen molar-refractivity contribution in [1.29, 1.82) is 0 Å². The zero-order valence-electron chi connectivity index (χ0n) is 10.3. The number of piperidine rings is 1. The van der Waals surface area contributed by atoms with E-state index in [0.717, 1.165) is 25.9 Å². The predicted octanol–water partition coefficient (Wildman–Crippen LogP) is 1.77. The van der Waals surface area contributed by atoms with Crippen LogP contribution in [0.15, 0.2) is 30.3 Å². The van der Waals surface area contributed by atoms with Crippen LogP contribution in [0.2, 0.25) is 0 Å². The fourth-order valence-electron chi connectivity index (χ4n) is 2.49. The molecule has 1 aromatic rings. The fourth-order valence-corrected chi connectivity index (χ4v) is 2.49. The van der Waals surface area contributed by atoms with Gasteiger partial charge >= 0.3 is 0 Å². The van der Waals surface area contributed by atoms with Crippen molar-refractivity contribution < 1.29 is 4.79 Å². The van der Waals surface area contributed by atoms with Gasteiger partial charge in [0.05, 0.1) is 6.04 Å². The second kappa shape index (κ2) is 5.32. The van der Waals surface area contributed by atoms with Gasteiger partial charge in [-0.05, 0) is 30.9 Å². The van der Waals surface area contributed by atoms with E-state index < -0.39 is 0 Å². The highest BCUT2D eigenvalue weighted by Crippen LogP contribution is 2.23. The summed E-state index contributed by atoms with van der Waals surface area (Å²) in [5.74, 6) is 0.409. The summed E-state index contributed by atoms with van der Waals surface area (Å²) in [5.41, 5.74) is 6.74. The maximum Gasteiger partial charge on any atom is 0.234 e. The minimum absolute atomic E-state index is 0.0982. The van der Waals surface area contributed by atoms with E-state index in [9.17, 15) is 4.79 Å². The largest absolute Gasteiger partial charge is 0.368 e. The summed E-state index contributed by atoms with van der Waals surface area (Å²) in [7, 11) is 0. The van der Waals surface area contributed by atoms with Crippen molar-refractivity contribution in [2.24, 2.45) is 11.7 Å². The molecule has 1 amide bonds. The highest BCUT2D eigenvalue weighted by Gasteiger charge is 2.29. The molecule has 1 fully saturated rings. The lowest BCUT2D eigenvalue weighted by Gasteiger charge is -2.36. The molecular formula is C14H20N2O. The molecule has 0 radical (unpaired) electrons. The molecule has 1 aliphatic rings. The van der Waals surface area contributed by atoms with Crippen LogP contribution in [0.3, 0.4) is 0 Å². The van der Waals surface area contributed by atoms with Crippen molar-refractivity contribution in [3.05, 3.63) is 35.9 Å². The summed E-state index contributed by atoms with van der Waals surface area (Å²) in [6, 6.07) is 10.2. The quantitative estimate of drug-likeness (QED) is 0.863. The number of hydrogen-bond donors (Lipinski definition) is 1. The van der Waals surface area contributed by atoms with E-state index in [2.05, 4.69) is 24.0 Å². The second-order valence-corrected chi connectivity index (χ2v) is 5.00. The van der Waals surface area contributed by atoms with Crippen LogP contribution in [0.25, 0.3) is 0 Å². The average Bonchev–Trinajstić information content (AvgIpc) is 2.32. The van der Waals surface area contributed by atoms with Gasteiger partial charge in [0.1, 0.15) is 0 Å². The van der Waals surface area contributed by atoms with E-state index in [1.54, 1.807) is 0 Å². The van der Waals surface area contributed by atoms with Crippen molar-refractivity contribution in [2.75, 3.05) is 6.54 Å². The van der Waals surface area contributed by atoms with E-state index in [4.69, 9.17) is 5.73 Å². The molecule has 3 heteroatoms. The molecule has 1 heterocycles. The molecule has 2 atom stereocenters. The van der Waals surface area contributed by atoms with Gasteiger partial charge in [-0.15, -0.1) is 0 Å². The van der Waals surface area contributed by atoms with Gasteiger partial charge in [-0.2, -0.15) is 0 Å². The lowest BCUT2D eigenvalue weighted by Crippen LogP contribution is -2.48. The minimum Gasteiger partial charge on any atom is -0.368 e. The lowest BCUT2D eigenvalue weighted by atomic mass is 9.91. The van der Waals surface area contributed by atoms with Gasteiger partial charge in [0.25, 0.3) is 0 Å². The fraction of sp³-hybridized carbons (Fsp3) is 0.500. The number of nitrogens with two attached hydrogens (primary N) is 1. The number of primary amides is 1. The molecule has 92 valence electrons. The van der Waals surface area contributed by atoms with Gasteiger partial charge < -0.3 is 5.73 Å². The maximum atomic E-state index is 11.5. The summed E-state index contributed by atoms with van der Waals surface area (Å²) in [5, 5.41) is 0. The van der Waals surface area contributed by atoms with Crippen molar-refractivity contribution in [3.63, 3.8) is 0 Å². The highest BCUT2D eigenvalue weighted by atomic mass is 16.1. The van der Waals surface area contributed by atoms with Crippen LogP contribution >= 0.6 is 0 Å². The second-order valence-electron chi connectivity index (χ2n) is 5.00. The Balaban J connectivity index is 2.06. The SMILES string of the molecule is CC1CCN(Cc2ccccc2)C(C(N)=O)C1. The van der Waals surface area contributed by atoms with Crippen LogP contribution < -0.4 is 5.73 Å². The number of amides is 1. The highest BCUT2D eigenvalue weighted by molar-refractivity contribution is 5.80. The summed E-state index contributed by atoms with van der Waals surface area (Å²) in [6.45, 7) is 3.97. The molecule has 2 unspecified atom stereocenters. The van der Waals surface area contributed by atoms with Gasteiger partial charge in [-0.3, -0.25) is 9.69 Å². The van der Waals surface area contributed by atoms with E-state index in [1.807, 2.05) is 18.2 Å². The smallest absolute Gasteiger partial charge is 0.234 e. The molecule has 0 aliphatic carbocycles. The molecule has 1 aromatic carbocycles. The monoisotopic (exact) mass is 232 g/mol. The standard InChI is InChI=1S/C14H20N2O/c1-11-7-8-16(13(9-11)14(15)17)10-12-5-3-2-4-6-12/h2-6,11,13H,7-10H2,1H3,(H2,15,17). The van der Waals surface area contributed by atoms with E-state index in [0.29, 0.717) is 5.92 Å². The molecule has 2 N–H and O–H groups in total. The molecule has 1 aliphatic heterocycles. The zero-order chi connectivity index (χ0) is 12.3. The Morgan fingerprint density at radius 3 is 2.76 bits per heavy atom. The van der Waals surface area contributed by atoms with Crippen molar-refractivity contribution in [2.45, 2.75) is 32.4 Å². The van der Waals surface area contributed by atoms with Crippen molar-refractivity contribution in [3.8, 4) is 0 Å². The van der Waals surface area contributed by atoms with E-state index in [1.165, 1.54) is 5.56 Å². The van der Waals surface area contributed by atoms with E-state index >= 15 is 0 Å². The van der Waals surface area contributed by atoms with Crippen LogP contribution in [-0.4, -0.2) is 23.4 Å². The Hall–Kier alpha value is -1.35. The number of likely N-dealkylation sites (tertiary alicyclic amines) is 1. The van der Waals surface area contributed by atoms with Crippen LogP contribution in [0.4, 0.5) is 0 Å². The van der Waals surface area contributed by atoms with Gasteiger partial charge in [-0.25, -0.2) is 0 Å². The van der Waals surface area contributed by atoms with E-state index in [-0.39, 0.29) is 11.9 Å². The third-order valence-corrected chi connectivity index (χ3v) is 3.53. The number of nitrogens with zero attached hydrogens (tertiary/aromatic N) is 1. The first kappa shape index (κ1) is 12.1. The lowest BCUT2D eigenvalue weighted by molar-refractivity contribution is -0.125. The summed E-state index contributed by atoms with van der Waals surface area (Å²) in [6.07, 6.45) is 2.04. The number of rotatable bonds is 3. The Morgan fingerprint density at radius 1 is 1.41 bits per heavy atom. The third-order valence-electron chi connectivity index (χ3n) is 3.53. The molecule has 17 heavy (non-hydrogen) atoms. The predicted molar refractivity (Wildman–Crippen MR) is 68.2 cm³/mol. The van der Waals surface area contributed by atoms with Crippen LogP contribution in [0.5, 0.6) is 0 Å². The first-order chi connectivity index (χ1) is 8.16. The minimum atomic E-state index is -0.188. The third kappa shape index (κ3) is 3.07. The molecule has 1 saturated heterocycles.